The van der Waals surface area contributed by atoms with Gasteiger partial charge in [-0.15, -0.1) is 0 Å². The van der Waals surface area contributed by atoms with Crippen LogP contribution in [0.15, 0.2) is 12.1 Å². The summed E-state index contributed by atoms with van der Waals surface area (Å²) in [5, 5.41) is 32.4. The third-order valence-electron chi connectivity index (χ3n) is 2.96. The Bertz CT molecular complexity index is 560. The minimum absolute atomic E-state index is 0.0215. The van der Waals surface area contributed by atoms with Gasteiger partial charge in [0.05, 0.1) is 22.2 Å². The number of benzene rings is 1. The summed E-state index contributed by atoms with van der Waals surface area (Å²) >= 11 is 0. The van der Waals surface area contributed by atoms with Crippen molar-refractivity contribution in [2.75, 3.05) is 11.9 Å². The molecule has 0 aliphatic rings. The van der Waals surface area contributed by atoms with E-state index >= 15 is 0 Å². The molecule has 0 saturated carbocycles. The van der Waals surface area contributed by atoms with Crippen LogP contribution in [0.5, 0.6) is 0 Å². The number of nitrogens with one attached hydrogen (secondary N) is 1. The third-order valence-corrected chi connectivity index (χ3v) is 2.96. The quantitative estimate of drug-likeness (QED) is 0.526. The van der Waals surface area contributed by atoms with Gasteiger partial charge in [0.1, 0.15) is 11.5 Å². The van der Waals surface area contributed by atoms with E-state index in [-0.39, 0.29) is 12.2 Å². The number of carboxylic acids is 1. The first-order valence-corrected chi connectivity index (χ1v) is 6.35. The summed E-state index contributed by atoms with van der Waals surface area (Å²) in [6.07, 6.45) is 1.17. The lowest BCUT2D eigenvalue weighted by Crippen LogP contribution is -2.33. The molecule has 1 unspecified atom stereocenters. The lowest BCUT2D eigenvalue weighted by molar-refractivity contribution is -0.384. The van der Waals surface area contributed by atoms with E-state index in [1.807, 2.05) is 6.92 Å². The van der Waals surface area contributed by atoms with Crippen molar-refractivity contribution in [2.24, 2.45) is 0 Å². The predicted molar refractivity (Wildman–Crippen MR) is 74.0 cm³/mol. The molecule has 0 heterocycles. The molecule has 8 heteroatoms. The number of hydrogen-bond acceptors (Lipinski definition) is 5. The summed E-state index contributed by atoms with van der Waals surface area (Å²) in [5.74, 6) is -2.70. The largest absolute Gasteiger partial charge is 0.478 e. The second-order valence-corrected chi connectivity index (χ2v) is 5.01. The number of carboxylic acid groups (broad SMARTS) is 1. The SMILES string of the molecule is CCCC(C)(O)CNc1cc(C(=O)O)c(F)cc1[N+](=O)[O-]. The van der Waals surface area contributed by atoms with Gasteiger partial charge >= 0.3 is 5.97 Å². The number of hydrogen-bond donors (Lipinski definition) is 3. The van der Waals surface area contributed by atoms with Crippen LogP contribution in [-0.4, -0.2) is 33.3 Å². The molecule has 0 saturated heterocycles. The van der Waals surface area contributed by atoms with Gasteiger partial charge < -0.3 is 15.5 Å². The minimum atomic E-state index is -1.52. The molecule has 0 aliphatic carbocycles. The number of rotatable bonds is 7. The van der Waals surface area contributed by atoms with Gasteiger partial charge in [-0.2, -0.15) is 0 Å². The second kappa shape index (κ2) is 6.49. The van der Waals surface area contributed by atoms with Gasteiger partial charge in [-0.3, -0.25) is 10.1 Å². The highest BCUT2D eigenvalue weighted by Gasteiger charge is 2.24. The van der Waals surface area contributed by atoms with Crippen molar-refractivity contribution in [3.8, 4) is 0 Å². The van der Waals surface area contributed by atoms with Crippen LogP contribution in [0.3, 0.4) is 0 Å². The Morgan fingerprint density at radius 1 is 1.52 bits per heavy atom. The van der Waals surface area contributed by atoms with Crippen molar-refractivity contribution < 1.29 is 24.3 Å². The van der Waals surface area contributed by atoms with E-state index in [0.717, 1.165) is 6.07 Å². The average Bonchev–Trinajstić information content (AvgIpc) is 2.36. The average molecular weight is 300 g/mol. The van der Waals surface area contributed by atoms with Gasteiger partial charge in [-0.1, -0.05) is 13.3 Å². The van der Waals surface area contributed by atoms with Crippen molar-refractivity contribution in [2.45, 2.75) is 32.3 Å². The minimum Gasteiger partial charge on any atom is -0.478 e. The Morgan fingerprint density at radius 3 is 2.62 bits per heavy atom. The van der Waals surface area contributed by atoms with E-state index in [1.165, 1.54) is 0 Å². The Balaban J connectivity index is 3.11. The number of halogens is 1. The maximum absolute atomic E-state index is 13.5. The van der Waals surface area contributed by atoms with E-state index < -0.39 is 33.6 Å². The lowest BCUT2D eigenvalue weighted by atomic mass is 10.0. The van der Waals surface area contributed by atoms with E-state index in [9.17, 15) is 24.4 Å². The monoisotopic (exact) mass is 300 g/mol. The van der Waals surface area contributed by atoms with E-state index in [1.54, 1.807) is 6.92 Å². The van der Waals surface area contributed by atoms with Crippen LogP contribution in [0.25, 0.3) is 0 Å². The topological polar surface area (TPSA) is 113 Å². The van der Waals surface area contributed by atoms with Gasteiger partial charge in [0, 0.05) is 6.54 Å². The van der Waals surface area contributed by atoms with Gasteiger partial charge in [0.25, 0.3) is 5.69 Å². The number of anilines is 1. The van der Waals surface area contributed by atoms with Crippen LogP contribution in [0, 0.1) is 15.9 Å². The Labute approximate surface area is 120 Å². The predicted octanol–water partition coefficient (Wildman–Crippen LogP) is 2.40. The molecular formula is C13H17FN2O5. The van der Waals surface area contributed by atoms with Crippen LogP contribution in [-0.2, 0) is 0 Å². The zero-order valence-electron chi connectivity index (χ0n) is 11.7. The Morgan fingerprint density at radius 2 is 2.14 bits per heavy atom. The number of nitro benzene ring substituents is 1. The zero-order valence-corrected chi connectivity index (χ0v) is 11.7. The molecule has 116 valence electrons. The highest BCUT2D eigenvalue weighted by Crippen LogP contribution is 2.28. The lowest BCUT2D eigenvalue weighted by Gasteiger charge is -2.23. The second-order valence-electron chi connectivity index (χ2n) is 5.01. The van der Waals surface area contributed by atoms with Crippen molar-refractivity contribution in [1.82, 2.24) is 0 Å². The normalized spacial score (nSPS) is 13.5. The van der Waals surface area contributed by atoms with Crippen LogP contribution in [0.2, 0.25) is 0 Å². The standard InChI is InChI=1S/C13H17FN2O5/c1-3-4-13(2,19)7-15-10-5-8(12(17)18)9(14)6-11(10)16(20)21/h5-6,15,19H,3-4,7H2,1-2H3,(H,17,18). The highest BCUT2D eigenvalue weighted by atomic mass is 19.1. The molecule has 0 amide bonds. The first-order valence-electron chi connectivity index (χ1n) is 6.35. The molecule has 1 atom stereocenters. The van der Waals surface area contributed by atoms with Crippen LogP contribution >= 0.6 is 0 Å². The molecule has 0 aliphatic heterocycles. The molecule has 0 bridgehead atoms. The Kier molecular flexibility index (Phi) is 5.20. The molecule has 0 fully saturated rings. The van der Waals surface area contributed by atoms with Crippen molar-refractivity contribution in [3.05, 3.63) is 33.6 Å². The first kappa shape index (κ1) is 16.8. The summed E-state index contributed by atoms with van der Waals surface area (Å²) in [5.41, 5.74) is -2.50. The smallest absolute Gasteiger partial charge is 0.338 e. The molecule has 7 nitrogen and oxygen atoms in total. The maximum Gasteiger partial charge on any atom is 0.338 e. The fourth-order valence-electron chi connectivity index (χ4n) is 1.93. The number of nitro groups is 1. The van der Waals surface area contributed by atoms with Crippen molar-refractivity contribution in [1.29, 1.82) is 0 Å². The maximum atomic E-state index is 13.5. The number of carbonyl (C=O) groups is 1. The first-order chi connectivity index (χ1) is 9.68. The molecule has 0 radical (unpaired) electrons. The highest BCUT2D eigenvalue weighted by molar-refractivity contribution is 5.90. The Hall–Kier alpha value is -2.22. The molecule has 21 heavy (non-hydrogen) atoms. The molecule has 1 aromatic rings. The zero-order chi connectivity index (χ0) is 16.2. The van der Waals surface area contributed by atoms with Crippen LogP contribution in [0.1, 0.15) is 37.0 Å². The number of aliphatic hydroxyl groups is 1. The van der Waals surface area contributed by atoms with Crippen LogP contribution in [0.4, 0.5) is 15.8 Å². The molecule has 0 spiro atoms. The molecule has 1 rings (SSSR count). The van der Waals surface area contributed by atoms with Crippen molar-refractivity contribution in [3.63, 3.8) is 0 Å². The molecular weight excluding hydrogens is 283 g/mol. The third kappa shape index (κ3) is 4.38. The van der Waals surface area contributed by atoms with Gasteiger partial charge in [0.15, 0.2) is 0 Å². The summed E-state index contributed by atoms with van der Waals surface area (Å²) in [4.78, 5) is 21.0. The fourth-order valence-corrected chi connectivity index (χ4v) is 1.93. The van der Waals surface area contributed by atoms with Gasteiger partial charge in [0.2, 0.25) is 0 Å². The van der Waals surface area contributed by atoms with E-state index in [4.69, 9.17) is 5.11 Å². The summed E-state index contributed by atoms with van der Waals surface area (Å²) in [6.45, 7) is 3.40. The van der Waals surface area contributed by atoms with Crippen LogP contribution < -0.4 is 5.32 Å². The summed E-state index contributed by atoms with van der Waals surface area (Å²) in [6, 6.07) is 1.41. The van der Waals surface area contributed by atoms with E-state index in [0.29, 0.717) is 18.9 Å². The molecule has 3 N–H and O–H groups in total. The molecule has 1 aromatic carbocycles. The van der Waals surface area contributed by atoms with Gasteiger partial charge in [-0.05, 0) is 19.4 Å². The summed E-state index contributed by atoms with van der Waals surface area (Å²) in [7, 11) is 0. The number of nitrogens with zero attached hydrogens (tertiary/aromatic N) is 1. The van der Waals surface area contributed by atoms with Gasteiger partial charge in [-0.25, -0.2) is 9.18 Å². The fraction of sp³-hybridized carbons (Fsp3) is 0.462. The van der Waals surface area contributed by atoms with Crippen molar-refractivity contribution >= 4 is 17.3 Å². The van der Waals surface area contributed by atoms with E-state index in [2.05, 4.69) is 5.32 Å². The number of aromatic carboxylic acids is 1. The summed E-state index contributed by atoms with van der Waals surface area (Å²) < 4.78 is 13.5. The molecule has 0 aromatic heterocycles.